The van der Waals surface area contributed by atoms with E-state index in [4.69, 9.17) is 0 Å². The second-order valence-electron chi connectivity index (χ2n) is 6.93. The number of thioether (sulfide) groups is 1. The Morgan fingerprint density at radius 1 is 1.14 bits per heavy atom. The van der Waals surface area contributed by atoms with Crippen LogP contribution in [-0.4, -0.2) is 32.2 Å². The average Bonchev–Trinajstić information content (AvgIpc) is 3.20. The number of nitrogens with one attached hydrogen (secondary N) is 1. The zero-order valence-electron chi connectivity index (χ0n) is 15.9. The van der Waals surface area contributed by atoms with Crippen molar-refractivity contribution in [3.05, 3.63) is 65.0 Å². The van der Waals surface area contributed by atoms with Gasteiger partial charge in [0.2, 0.25) is 5.91 Å². The lowest BCUT2D eigenvalue weighted by atomic mass is 9.99. The van der Waals surface area contributed by atoms with Crippen LogP contribution in [0.25, 0.3) is 5.69 Å². The quantitative estimate of drug-likeness (QED) is 0.526. The van der Waals surface area contributed by atoms with Gasteiger partial charge in [-0.15, -0.1) is 10.2 Å². The summed E-state index contributed by atoms with van der Waals surface area (Å²) in [7, 11) is 0. The van der Waals surface area contributed by atoms with E-state index in [-0.39, 0.29) is 23.4 Å². The average molecular weight is 392 g/mol. The number of aromatic nitrogens is 3. The van der Waals surface area contributed by atoms with Gasteiger partial charge in [-0.1, -0.05) is 29.5 Å². The van der Waals surface area contributed by atoms with Gasteiger partial charge in [-0.3, -0.25) is 14.2 Å². The van der Waals surface area contributed by atoms with Crippen molar-refractivity contribution in [2.45, 2.75) is 31.8 Å². The second-order valence-corrected chi connectivity index (χ2v) is 7.87. The molecule has 1 unspecified atom stereocenters. The lowest BCUT2D eigenvalue weighted by Crippen LogP contribution is -2.08. The third kappa shape index (κ3) is 3.33. The lowest BCUT2D eigenvalue weighted by molar-refractivity contribution is -0.116. The summed E-state index contributed by atoms with van der Waals surface area (Å²) >= 11 is 1.36. The van der Waals surface area contributed by atoms with Gasteiger partial charge in [0, 0.05) is 16.9 Å². The number of amides is 1. The fourth-order valence-corrected chi connectivity index (χ4v) is 4.12. The SMILES string of the molecule is Cc1ccc(-n2c(C)nnc2SCC(=O)c2ccc3c(c2)C(C)C(=O)N3)cc1. The summed E-state index contributed by atoms with van der Waals surface area (Å²) in [4.78, 5) is 24.5. The van der Waals surface area contributed by atoms with Crippen LogP contribution < -0.4 is 5.32 Å². The maximum Gasteiger partial charge on any atom is 0.231 e. The normalized spacial score (nSPS) is 15.4. The second kappa shape index (κ2) is 7.24. The number of rotatable bonds is 5. The number of carbonyl (C=O) groups is 2. The number of fused-ring (bicyclic) bond motifs is 1. The largest absolute Gasteiger partial charge is 0.325 e. The van der Waals surface area contributed by atoms with Gasteiger partial charge in [-0.05, 0) is 56.7 Å². The Kier molecular flexibility index (Phi) is 4.77. The molecule has 0 spiro atoms. The highest BCUT2D eigenvalue weighted by Crippen LogP contribution is 2.33. The number of hydrogen-bond donors (Lipinski definition) is 1. The van der Waals surface area contributed by atoms with Crippen LogP contribution in [-0.2, 0) is 4.79 Å². The molecular weight excluding hydrogens is 372 g/mol. The van der Waals surface area contributed by atoms with Crippen LogP contribution in [0, 0.1) is 13.8 Å². The lowest BCUT2D eigenvalue weighted by Gasteiger charge is -2.09. The minimum Gasteiger partial charge on any atom is -0.325 e. The van der Waals surface area contributed by atoms with Crippen molar-refractivity contribution in [2.75, 3.05) is 11.1 Å². The summed E-state index contributed by atoms with van der Waals surface area (Å²) in [6, 6.07) is 13.5. The maximum absolute atomic E-state index is 12.7. The number of ketones is 1. The molecule has 28 heavy (non-hydrogen) atoms. The fraction of sp³-hybridized carbons (Fsp3) is 0.238. The Balaban J connectivity index is 1.52. The van der Waals surface area contributed by atoms with E-state index in [1.165, 1.54) is 17.3 Å². The van der Waals surface area contributed by atoms with Crippen molar-refractivity contribution in [3.63, 3.8) is 0 Å². The minimum absolute atomic E-state index is 0.00421. The minimum atomic E-state index is -0.234. The molecule has 0 aliphatic carbocycles. The van der Waals surface area contributed by atoms with Crippen molar-refractivity contribution in [3.8, 4) is 5.69 Å². The van der Waals surface area contributed by atoms with Crippen LogP contribution in [0.1, 0.15) is 40.2 Å². The monoisotopic (exact) mass is 392 g/mol. The summed E-state index contributed by atoms with van der Waals surface area (Å²) in [5.74, 6) is 0.752. The highest BCUT2D eigenvalue weighted by molar-refractivity contribution is 7.99. The Morgan fingerprint density at radius 2 is 1.89 bits per heavy atom. The molecule has 1 atom stereocenters. The summed E-state index contributed by atoms with van der Waals surface area (Å²) < 4.78 is 1.95. The molecule has 6 nitrogen and oxygen atoms in total. The van der Waals surface area contributed by atoms with Crippen LogP contribution in [0.3, 0.4) is 0 Å². The molecule has 0 saturated carbocycles. The summed E-state index contributed by atoms with van der Waals surface area (Å²) in [6.07, 6.45) is 0. The number of Topliss-reactive ketones (excluding diaryl/α,β-unsaturated/α-hetero) is 1. The van der Waals surface area contributed by atoms with Gasteiger partial charge in [0.05, 0.1) is 11.7 Å². The Morgan fingerprint density at radius 3 is 2.64 bits per heavy atom. The first kappa shape index (κ1) is 18.4. The van der Waals surface area contributed by atoms with Crippen molar-refractivity contribution >= 4 is 29.1 Å². The maximum atomic E-state index is 12.7. The topological polar surface area (TPSA) is 76.9 Å². The molecule has 1 N–H and O–H groups in total. The molecule has 3 aromatic rings. The first-order chi connectivity index (χ1) is 13.4. The molecule has 0 radical (unpaired) electrons. The zero-order valence-corrected chi connectivity index (χ0v) is 16.7. The molecule has 4 rings (SSSR count). The van der Waals surface area contributed by atoms with Crippen LogP contribution in [0.4, 0.5) is 5.69 Å². The number of hydrogen-bond acceptors (Lipinski definition) is 5. The molecule has 1 amide bonds. The smallest absolute Gasteiger partial charge is 0.231 e. The third-order valence-electron chi connectivity index (χ3n) is 4.91. The third-order valence-corrected chi connectivity index (χ3v) is 5.84. The molecule has 1 aliphatic heterocycles. The first-order valence-corrected chi connectivity index (χ1v) is 10.0. The molecular formula is C21H20N4O2S. The van der Waals surface area contributed by atoms with Crippen molar-refractivity contribution < 1.29 is 9.59 Å². The van der Waals surface area contributed by atoms with Crippen molar-refractivity contribution in [1.82, 2.24) is 14.8 Å². The van der Waals surface area contributed by atoms with Crippen LogP contribution >= 0.6 is 11.8 Å². The Hall–Kier alpha value is -2.93. The highest BCUT2D eigenvalue weighted by atomic mass is 32.2. The van der Waals surface area contributed by atoms with E-state index in [1.807, 2.05) is 55.7 Å². The van der Waals surface area contributed by atoms with Gasteiger partial charge in [0.15, 0.2) is 10.9 Å². The van der Waals surface area contributed by atoms with Crippen molar-refractivity contribution in [2.24, 2.45) is 0 Å². The fourth-order valence-electron chi connectivity index (χ4n) is 3.23. The standard InChI is InChI=1S/C21H20N4O2S/c1-12-4-7-16(8-5-12)25-14(3)23-24-21(25)28-11-19(26)15-6-9-18-17(10-15)13(2)20(27)22-18/h4-10,13H,11H2,1-3H3,(H,22,27). The molecule has 0 bridgehead atoms. The molecule has 1 aromatic heterocycles. The summed E-state index contributed by atoms with van der Waals surface area (Å²) in [5, 5.41) is 11.9. The Bertz CT molecular complexity index is 1070. The molecule has 7 heteroatoms. The van der Waals surface area contributed by atoms with E-state index < -0.39 is 0 Å². The summed E-state index contributed by atoms with van der Waals surface area (Å²) in [5.41, 5.74) is 4.42. The van der Waals surface area contributed by atoms with Gasteiger partial charge in [0.1, 0.15) is 5.82 Å². The van der Waals surface area contributed by atoms with E-state index >= 15 is 0 Å². The molecule has 2 aromatic carbocycles. The molecule has 142 valence electrons. The van der Waals surface area contributed by atoms with E-state index in [2.05, 4.69) is 15.5 Å². The van der Waals surface area contributed by atoms with Gasteiger partial charge in [0.25, 0.3) is 0 Å². The number of benzene rings is 2. The van der Waals surface area contributed by atoms with Crippen LogP contribution in [0.2, 0.25) is 0 Å². The van der Waals surface area contributed by atoms with E-state index in [9.17, 15) is 9.59 Å². The predicted molar refractivity (Wildman–Crippen MR) is 109 cm³/mol. The van der Waals surface area contributed by atoms with Gasteiger partial charge >= 0.3 is 0 Å². The van der Waals surface area contributed by atoms with Crippen LogP contribution in [0.15, 0.2) is 47.6 Å². The summed E-state index contributed by atoms with van der Waals surface area (Å²) in [6.45, 7) is 5.78. The molecule has 2 heterocycles. The van der Waals surface area contributed by atoms with Gasteiger partial charge in [-0.25, -0.2) is 0 Å². The van der Waals surface area contributed by atoms with Gasteiger partial charge < -0.3 is 5.32 Å². The van der Waals surface area contributed by atoms with E-state index in [0.717, 1.165) is 22.8 Å². The van der Waals surface area contributed by atoms with Crippen molar-refractivity contribution in [1.29, 1.82) is 0 Å². The van der Waals surface area contributed by atoms with E-state index in [1.54, 1.807) is 12.1 Å². The number of carbonyl (C=O) groups excluding carboxylic acids is 2. The number of anilines is 1. The highest BCUT2D eigenvalue weighted by Gasteiger charge is 2.27. The number of nitrogens with zero attached hydrogens (tertiary/aromatic N) is 3. The predicted octanol–water partition coefficient (Wildman–Crippen LogP) is 3.91. The first-order valence-electron chi connectivity index (χ1n) is 9.04. The Labute approximate surface area is 167 Å². The van der Waals surface area contributed by atoms with Gasteiger partial charge in [-0.2, -0.15) is 0 Å². The molecule has 1 aliphatic rings. The molecule has 0 fully saturated rings. The zero-order chi connectivity index (χ0) is 19.8. The van der Waals surface area contributed by atoms with E-state index in [0.29, 0.717) is 10.7 Å². The molecule has 0 saturated heterocycles. The number of aryl methyl sites for hydroxylation is 2. The van der Waals surface area contributed by atoms with Crippen LogP contribution in [0.5, 0.6) is 0 Å².